The van der Waals surface area contributed by atoms with Crippen LogP contribution in [0, 0.1) is 5.92 Å². The molecule has 2 fully saturated rings. The summed E-state index contributed by atoms with van der Waals surface area (Å²) in [6.45, 7) is 1.93. The Morgan fingerprint density at radius 1 is 0.897 bits per heavy atom. The third-order valence-electron chi connectivity index (χ3n) is 6.20. The molecule has 0 N–H and O–H groups in total. The highest BCUT2D eigenvalue weighted by Gasteiger charge is 2.39. The maximum Gasteiger partial charge on any atom is 0.251 e. The third kappa shape index (κ3) is 4.67. The Hall–Kier alpha value is -2.27. The molecule has 2 aliphatic heterocycles. The summed E-state index contributed by atoms with van der Waals surface area (Å²) in [6, 6.07) is 20.9. The second-order valence-corrected chi connectivity index (χ2v) is 8.24. The molecular formula is C24H28F2N2O. The van der Waals surface area contributed by atoms with E-state index in [0.29, 0.717) is 6.54 Å². The SMILES string of the molecule is O=C(C1CCCN(C(c2ccccc2)c2ccccc2)C1)N1CCC(F)(F)CC1. The van der Waals surface area contributed by atoms with Crippen LogP contribution in [-0.2, 0) is 4.79 Å². The second-order valence-electron chi connectivity index (χ2n) is 8.24. The van der Waals surface area contributed by atoms with Crippen LogP contribution in [0.15, 0.2) is 60.7 Å². The molecule has 2 aliphatic rings. The number of rotatable bonds is 4. The number of carbonyl (C=O) groups is 1. The molecule has 0 aromatic heterocycles. The molecule has 1 atom stereocenters. The molecule has 3 nitrogen and oxygen atoms in total. The highest BCUT2D eigenvalue weighted by Crippen LogP contribution is 2.34. The van der Waals surface area contributed by atoms with Gasteiger partial charge in [0.1, 0.15) is 0 Å². The molecule has 2 heterocycles. The summed E-state index contributed by atoms with van der Waals surface area (Å²) in [6.07, 6.45) is 1.34. The first kappa shape index (κ1) is 20.0. The molecular weight excluding hydrogens is 370 g/mol. The topological polar surface area (TPSA) is 23.6 Å². The van der Waals surface area contributed by atoms with E-state index in [0.717, 1.165) is 19.4 Å². The van der Waals surface area contributed by atoms with Crippen molar-refractivity contribution in [3.63, 3.8) is 0 Å². The van der Waals surface area contributed by atoms with Crippen molar-refractivity contribution in [2.75, 3.05) is 26.2 Å². The molecule has 0 radical (unpaired) electrons. The first-order valence-corrected chi connectivity index (χ1v) is 10.5. The summed E-state index contributed by atoms with van der Waals surface area (Å²) in [7, 11) is 0. The van der Waals surface area contributed by atoms with Crippen LogP contribution in [0.3, 0.4) is 0 Å². The fourth-order valence-corrected chi connectivity index (χ4v) is 4.64. The lowest BCUT2D eigenvalue weighted by Crippen LogP contribution is -2.49. The summed E-state index contributed by atoms with van der Waals surface area (Å²) in [5.41, 5.74) is 2.42. The molecule has 0 spiro atoms. The Bertz CT molecular complexity index is 763. The quantitative estimate of drug-likeness (QED) is 0.742. The first-order valence-electron chi connectivity index (χ1n) is 10.5. The standard InChI is InChI=1S/C24H28F2N2O/c25-24(26)13-16-27(17-14-24)23(29)21-12-7-15-28(18-21)22(19-8-3-1-4-9-19)20-10-5-2-6-11-20/h1-6,8-11,21-22H,7,12-18H2. The number of hydrogen-bond acceptors (Lipinski definition) is 2. The van der Waals surface area contributed by atoms with E-state index < -0.39 is 5.92 Å². The summed E-state index contributed by atoms with van der Waals surface area (Å²) in [5, 5.41) is 0. The van der Waals surface area contributed by atoms with Gasteiger partial charge in [0.05, 0.1) is 12.0 Å². The molecule has 0 saturated carbocycles. The van der Waals surface area contributed by atoms with Gasteiger partial charge in [-0.15, -0.1) is 0 Å². The maximum absolute atomic E-state index is 13.5. The monoisotopic (exact) mass is 398 g/mol. The van der Waals surface area contributed by atoms with Crippen LogP contribution in [0.4, 0.5) is 8.78 Å². The summed E-state index contributed by atoms with van der Waals surface area (Å²) < 4.78 is 27.0. The summed E-state index contributed by atoms with van der Waals surface area (Å²) in [5.74, 6) is -2.70. The van der Waals surface area contributed by atoms with Crippen LogP contribution in [0.1, 0.15) is 42.9 Å². The number of halogens is 2. The lowest BCUT2D eigenvalue weighted by molar-refractivity contribution is -0.143. The van der Waals surface area contributed by atoms with Crippen molar-refractivity contribution >= 4 is 5.91 Å². The molecule has 2 aromatic carbocycles. The highest BCUT2D eigenvalue weighted by molar-refractivity contribution is 5.79. The van der Waals surface area contributed by atoms with Crippen LogP contribution in [0.5, 0.6) is 0 Å². The maximum atomic E-state index is 13.5. The van der Waals surface area contributed by atoms with E-state index in [1.165, 1.54) is 11.1 Å². The fraction of sp³-hybridized carbons (Fsp3) is 0.458. The molecule has 154 valence electrons. The molecule has 4 rings (SSSR count). The van der Waals surface area contributed by atoms with Gasteiger partial charge in [-0.1, -0.05) is 60.7 Å². The van der Waals surface area contributed by atoms with E-state index in [9.17, 15) is 13.6 Å². The highest BCUT2D eigenvalue weighted by atomic mass is 19.3. The lowest BCUT2D eigenvalue weighted by Gasteiger charge is -2.41. The molecule has 2 aromatic rings. The first-order chi connectivity index (χ1) is 14.0. The van der Waals surface area contributed by atoms with Crippen molar-refractivity contribution in [1.29, 1.82) is 0 Å². The van der Waals surface area contributed by atoms with Gasteiger partial charge in [-0.3, -0.25) is 9.69 Å². The van der Waals surface area contributed by atoms with Gasteiger partial charge < -0.3 is 4.90 Å². The lowest BCUT2D eigenvalue weighted by atomic mass is 9.90. The molecule has 29 heavy (non-hydrogen) atoms. The number of carbonyl (C=O) groups excluding carboxylic acids is 1. The van der Waals surface area contributed by atoms with E-state index in [-0.39, 0.29) is 43.8 Å². The zero-order valence-corrected chi connectivity index (χ0v) is 16.6. The predicted octanol–water partition coefficient (Wildman–Crippen LogP) is 4.75. The van der Waals surface area contributed by atoms with Crippen LogP contribution in [0.2, 0.25) is 0 Å². The van der Waals surface area contributed by atoms with E-state index in [4.69, 9.17) is 0 Å². The van der Waals surface area contributed by atoms with E-state index in [2.05, 4.69) is 29.2 Å². The summed E-state index contributed by atoms with van der Waals surface area (Å²) >= 11 is 0. The van der Waals surface area contributed by atoms with Crippen LogP contribution in [-0.4, -0.2) is 47.8 Å². The van der Waals surface area contributed by atoms with Gasteiger partial charge in [-0.05, 0) is 30.5 Å². The van der Waals surface area contributed by atoms with E-state index in [1.54, 1.807) is 4.90 Å². The minimum atomic E-state index is -2.62. The van der Waals surface area contributed by atoms with Crippen LogP contribution in [0.25, 0.3) is 0 Å². The second kappa shape index (κ2) is 8.62. The average Bonchev–Trinajstić information content (AvgIpc) is 2.75. The Labute approximate surface area is 171 Å². The van der Waals surface area contributed by atoms with Gasteiger partial charge in [-0.25, -0.2) is 8.78 Å². The number of piperidine rings is 2. The van der Waals surface area contributed by atoms with Gasteiger partial charge in [0.2, 0.25) is 5.91 Å². The molecule has 1 unspecified atom stereocenters. The van der Waals surface area contributed by atoms with Gasteiger partial charge in [0.15, 0.2) is 0 Å². The Kier molecular flexibility index (Phi) is 5.95. The van der Waals surface area contributed by atoms with Crippen LogP contribution < -0.4 is 0 Å². The van der Waals surface area contributed by atoms with Gasteiger partial charge in [0.25, 0.3) is 5.92 Å². The Morgan fingerprint density at radius 2 is 1.45 bits per heavy atom. The number of hydrogen-bond donors (Lipinski definition) is 0. The largest absolute Gasteiger partial charge is 0.342 e. The average molecular weight is 398 g/mol. The van der Waals surface area contributed by atoms with Gasteiger partial charge in [-0.2, -0.15) is 0 Å². The van der Waals surface area contributed by atoms with Crippen molar-refractivity contribution in [2.24, 2.45) is 5.92 Å². The minimum Gasteiger partial charge on any atom is -0.342 e. The Balaban J connectivity index is 1.52. The van der Waals surface area contributed by atoms with Crippen molar-refractivity contribution in [2.45, 2.75) is 37.6 Å². The summed E-state index contributed by atoms with van der Waals surface area (Å²) in [4.78, 5) is 17.1. The van der Waals surface area contributed by atoms with E-state index in [1.807, 2.05) is 36.4 Å². The van der Waals surface area contributed by atoms with Crippen LogP contribution >= 0.6 is 0 Å². The van der Waals surface area contributed by atoms with E-state index >= 15 is 0 Å². The molecule has 5 heteroatoms. The number of alkyl halides is 2. The fourth-order valence-electron chi connectivity index (χ4n) is 4.64. The molecule has 0 bridgehead atoms. The minimum absolute atomic E-state index is 0.0464. The zero-order chi connectivity index (χ0) is 20.3. The van der Waals surface area contributed by atoms with Gasteiger partial charge >= 0.3 is 0 Å². The van der Waals surface area contributed by atoms with Crippen molar-refractivity contribution in [3.05, 3.63) is 71.8 Å². The number of nitrogens with zero attached hydrogens (tertiary/aromatic N) is 2. The number of likely N-dealkylation sites (tertiary alicyclic amines) is 2. The molecule has 0 aliphatic carbocycles. The van der Waals surface area contributed by atoms with Crippen molar-refractivity contribution in [3.8, 4) is 0 Å². The van der Waals surface area contributed by atoms with Gasteiger partial charge in [0, 0.05) is 32.5 Å². The normalized spacial score (nSPS) is 22.6. The number of benzene rings is 2. The smallest absolute Gasteiger partial charge is 0.251 e. The van der Waals surface area contributed by atoms with Crippen molar-refractivity contribution < 1.29 is 13.6 Å². The molecule has 1 amide bonds. The number of amides is 1. The predicted molar refractivity (Wildman–Crippen MR) is 110 cm³/mol. The van der Waals surface area contributed by atoms with Crippen molar-refractivity contribution in [1.82, 2.24) is 9.80 Å². The third-order valence-corrected chi connectivity index (χ3v) is 6.20. The Morgan fingerprint density at radius 3 is 2.00 bits per heavy atom. The zero-order valence-electron chi connectivity index (χ0n) is 16.6. The molecule has 2 saturated heterocycles.